The number of halogens is 1. The van der Waals surface area contributed by atoms with Gasteiger partial charge >= 0.3 is 0 Å². The predicted octanol–water partition coefficient (Wildman–Crippen LogP) is 1.75. The van der Waals surface area contributed by atoms with Crippen LogP contribution < -0.4 is 5.32 Å². The Morgan fingerprint density at radius 3 is 2.60 bits per heavy atom. The van der Waals surface area contributed by atoms with Gasteiger partial charge in [0.15, 0.2) is 0 Å². The van der Waals surface area contributed by atoms with Crippen LogP contribution in [0.1, 0.15) is 18.4 Å². The lowest BCUT2D eigenvalue weighted by Crippen LogP contribution is -2.40. The molecule has 0 amide bonds. The maximum atomic E-state index is 14.0. The number of nitrogens with zero attached hydrogens (tertiary/aromatic N) is 1. The highest BCUT2D eigenvalue weighted by Gasteiger charge is 2.31. The average Bonchev–Trinajstić information content (AvgIpc) is 2.42. The van der Waals surface area contributed by atoms with Crippen molar-refractivity contribution in [3.63, 3.8) is 0 Å². The molecule has 20 heavy (non-hydrogen) atoms. The number of sulfonamides is 1. The molecule has 0 atom stereocenters. The first-order valence-electron chi connectivity index (χ1n) is 6.86. The van der Waals surface area contributed by atoms with E-state index in [4.69, 9.17) is 0 Å². The highest BCUT2D eigenvalue weighted by atomic mass is 32.2. The lowest BCUT2D eigenvalue weighted by molar-refractivity contribution is 0.270. The van der Waals surface area contributed by atoms with Crippen LogP contribution in [-0.2, 0) is 10.0 Å². The molecule has 1 aromatic carbocycles. The van der Waals surface area contributed by atoms with Crippen molar-refractivity contribution in [2.45, 2.75) is 24.7 Å². The monoisotopic (exact) mass is 300 g/mol. The van der Waals surface area contributed by atoms with Crippen LogP contribution in [0.5, 0.6) is 0 Å². The quantitative estimate of drug-likeness (QED) is 0.922. The lowest BCUT2D eigenvalue weighted by atomic mass is 9.98. The van der Waals surface area contributed by atoms with Crippen LogP contribution in [0, 0.1) is 18.7 Å². The lowest BCUT2D eigenvalue weighted by Gasteiger charge is -2.31. The van der Waals surface area contributed by atoms with Gasteiger partial charge in [-0.15, -0.1) is 0 Å². The molecular formula is C14H21FN2O2S. The number of rotatable bonds is 4. The van der Waals surface area contributed by atoms with Gasteiger partial charge in [-0.25, -0.2) is 12.8 Å². The summed E-state index contributed by atoms with van der Waals surface area (Å²) in [4.78, 5) is -0.204. The molecule has 1 heterocycles. The van der Waals surface area contributed by atoms with Crippen molar-refractivity contribution in [3.05, 3.63) is 29.6 Å². The minimum atomic E-state index is -3.72. The van der Waals surface area contributed by atoms with Crippen molar-refractivity contribution < 1.29 is 12.8 Å². The van der Waals surface area contributed by atoms with Crippen molar-refractivity contribution in [2.24, 2.45) is 5.92 Å². The first kappa shape index (κ1) is 15.4. The molecule has 0 spiro atoms. The van der Waals surface area contributed by atoms with E-state index in [9.17, 15) is 12.8 Å². The van der Waals surface area contributed by atoms with E-state index < -0.39 is 15.8 Å². The van der Waals surface area contributed by atoms with E-state index in [-0.39, 0.29) is 4.90 Å². The van der Waals surface area contributed by atoms with E-state index in [1.54, 1.807) is 19.1 Å². The molecule has 2 rings (SSSR count). The van der Waals surface area contributed by atoms with Crippen molar-refractivity contribution >= 4 is 10.0 Å². The maximum absolute atomic E-state index is 14.0. The summed E-state index contributed by atoms with van der Waals surface area (Å²) >= 11 is 0. The molecule has 0 aliphatic carbocycles. The van der Waals surface area contributed by atoms with Gasteiger partial charge in [-0.3, -0.25) is 0 Å². The van der Waals surface area contributed by atoms with Gasteiger partial charge in [0.2, 0.25) is 10.0 Å². The summed E-state index contributed by atoms with van der Waals surface area (Å²) in [7, 11) is -1.82. The molecule has 0 saturated carbocycles. The maximum Gasteiger partial charge on any atom is 0.245 e. The summed E-state index contributed by atoms with van der Waals surface area (Å²) in [5.74, 6) is -0.140. The van der Waals surface area contributed by atoms with Gasteiger partial charge in [-0.1, -0.05) is 12.1 Å². The van der Waals surface area contributed by atoms with Gasteiger partial charge in [-0.2, -0.15) is 4.31 Å². The molecule has 1 saturated heterocycles. The van der Waals surface area contributed by atoms with E-state index in [0.29, 0.717) is 24.6 Å². The fourth-order valence-corrected chi connectivity index (χ4v) is 4.21. The van der Waals surface area contributed by atoms with Gasteiger partial charge in [-0.05, 0) is 50.9 Å². The number of hydrogen-bond acceptors (Lipinski definition) is 3. The fraction of sp³-hybridized carbons (Fsp3) is 0.571. The summed E-state index contributed by atoms with van der Waals surface area (Å²) in [5, 5.41) is 3.11. The number of nitrogens with one attached hydrogen (secondary N) is 1. The Morgan fingerprint density at radius 2 is 2.00 bits per heavy atom. The minimum absolute atomic E-state index is 0.204. The van der Waals surface area contributed by atoms with E-state index in [2.05, 4.69) is 5.32 Å². The first-order valence-corrected chi connectivity index (χ1v) is 8.30. The average molecular weight is 300 g/mol. The Bertz CT molecular complexity index is 567. The van der Waals surface area contributed by atoms with E-state index in [1.165, 1.54) is 10.4 Å². The zero-order valence-corrected chi connectivity index (χ0v) is 12.7. The SMILES string of the molecule is CNCC1CCN(S(=O)(=O)c2cccc(C)c2F)CC1. The summed E-state index contributed by atoms with van der Waals surface area (Å²) in [6.45, 7) is 3.39. The minimum Gasteiger partial charge on any atom is -0.319 e. The second kappa shape index (κ2) is 6.20. The molecule has 0 unspecified atom stereocenters. The molecule has 1 N–H and O–H groups in total. The van der Waals surface area contributed by atoms with Crippen LogP contribution in [0.2, 0.25) is 0 Å². The van der Waals surface area contributed by atoms with Crippen molar-refractivity contribution in [3.8, 4) is 0 Å². The first-order chi connectivity index (χ1) is 9.46. The van der Waals surface area contributed by atoms with Crippen LogP contribution in [0.3, 0.4) is 0 Å². The smallest absolute Gasteiger partial charge is 0.245 e. The number of benzene rings is 1. The highest BCUT2D eigenvalue weighted by molar-refractivity contribution is 7.89. The second-order valence-corrected chi connectivity index (χ2v) is 7.20. The summed E-state index contributed by atoms with van der Waals surface area (Å²) in [6, 6.07) is 4.50. The van der Waals surface area contributed by atoms with Gasteiger partial charge in [0.25, 0.3) is 0 Å². The fourth-order valence-electron chi connectivity index (χ4n) is 2.60. The van der Waals surface area contributed by atoms with Crippen LogP contribution in [0.25, 0.3) is 0 Å². The zero-order chi connectivity index (χ0) is 14.8. The third-order valence-electron chi connectivity index (χ3n) is 3.84. The Hall–Kier alpha value is -0.980. The standard InChI is InChI=1S/C14H21FN2O2S/c1-11-4-3-5-13(14(11)15)20(18,19)17-8-6-12(7-9-17)10-16-2/h3-5,12,16H,6-10H2,1-2H3. The highest BCUT2D eigenvalue weighted by Crippen LogP contribution is 2.26. The van der Waals surface area contributed by atoms with Crippen molar-refractivity contribution in [1.82, 2.24) is 9.62 Å². The molecule has 0 aromatic heterocycles. The zero-order valence-electron chi connectivity index (χ0n) is 11.9. The second-order valence-electron chi connectivity index (χ2n) is 5.29. The number of hydrogen-bond donors (Lipinski definition) is 1. The third-order valence-corrected chi connectivity index (χ3v) is 5.76. The van der Waals surface area contributed by atoms with Crippen LogP contribution >= 0.6 is 0 Å². The summed E-state index contributed by atoms with van der Waals surface area (Å²) in [6.07, 6.45) is 1.63. The van der Waals surface area contributed by atoms with E-state index in [1.807, 2.05) is 7.05 Å². The summed E-state index contributed by atoms with van der Waals surface area (Å²) in [5.41, 5.74) is 0.358. The topological polar surface area (TPSA) is 49.4 Å². The van der Waals surface area contributed by atoms with E-state index in [0.717, 1.165) is 19.4 Å². The van der Waals surface area contributed by atoms with Crippen LogP contribution in [0.15, 0.2) is 23.1 Å². The molecule has 4 nitrogen and oxygen atoms in total. The Labute approximate surface area is 120 Å². The normalized spacial score (nSPS) is 18.4. The Balaban J connectivity index is 2.18. The third kappa shape index (κ3) is 3.02. The predicted molar refractivity (Wildman–Crippen MR) is 76.5 cm³/mol. The Morgan fingerprint density at radius 1 is 1.35 bits per heavy atom. The van der Waals surface area contributed by atoms with Crippen LogP contribution in [0.4, 0.5) is 4.39 Å². The van der Waals surface area contributed by atoms with Crippen molar-refractivity contribution in [2.75, 3.05) is 26.7 Å². The van der Waals surface area contributed by atoms with Gasteiger partial charge in [0.1, 0.15) is 10.7 Å². The van der Waals surface area contributed by atoms with Gasteiger partial charge < -0.3 is 5.32 Å². The molecule has 1 aromatic rings. The van der Waals surface area contributed by atoms with Gasteiger partial charge in [0.05, 0.1) is 0 Å². The molecule has 1 fully saturated rings. The van der Waals surface area contributed by atoms with E-state index >= 15 is 0 Å². The Kier molecular flexibility index (Phi) is 4.78. The van der Waals surface area contributed by atoms with Gasteiger partial charge in [0, 0.05) is 13.1 Å². The van der Waals surface area contributed by atoms with Crippen LogP contribution in [-0.4, -0.2) is 39.4 Å². The largest absolute Gasteiger partial charge is 0.319 e. The molecule has 1 aliphatic rings. The molecule has 0 bridgehead atoms. The molecule has 112 valence electrons. The van der Waals surface area contributed by atoms with Crippen molar-refractivity contribution in [1.29, 1.82) is 0 Å². The molecule has 1 aliphatic heterocycles. The molecular weight excluding hydrogens is 279 g/mol. The number of aryl methyl sites for hydroxylation is 1. The molecule has 0 radical (unpaired) electrons. The summed E-state index contributed by atoms with van der Waals surface area (Å²) < 4.78 is 40.4. The number of piperidine rings is 1. The molecule has 6 heteroatoms.